The molecule has 0 fully saturated rings. The van der Waals surface area contributed by atoms with Crippen LogP contribution in [0.2, 0.25) is 5.02 Å². The zero-order chi connectivity index (χ0) is 15.1. The number of rotatable bonds is 3. The van der Waals surface area contributed by atoms with Gasteiger partial charge in [0, 0.05) is 18.9 Å². The maximum absolute atomic E-state index is 14.0. The molecule has 0 radical (unpaired) electrons. The molecule has 2 aromatic rings. The summed E-state index contributed by atoms with van der Waals surface area (Å²) in [7, 11) is -1.78. The number of hydrogen-bond donors (Lipinski definition) is 1. The van der Waals surface area contributed by atoms with Gasteiger partial charge in [0.05, 0.1) is 22.0 Å². The van der Waals surface area contributed by atoms with Crippen molar-refractivity contribution >= 4 is 27.3 Å². The lowest BCUT2D eigenvalue weighted by Crippen LogP contribution is -2.03. The van der Waals surface area contributed by atoms with Crippen LogP contribution in [0.25, 0.3) is 11.1 Å². The van der Waals surface area contributed by atoms with Crippen LogP contribution in [0.3, 0.4) is 0 Å². The van der Waals surface area contributed by atoms with Gasteiger partial charge in [-0.1, -0.05) is 17.7 Å². The Hall–Kier alpha value is -1.60. The van der Waals surface area contributed by atoms with Crippen LogP contribution in [0, 0.1) is 5.82 Å². The van der Waals surface area contributed by atoms with Gasteiger partial charge in [-0.3, -0.25) is 4.68 Å². The van der Waals surface area contributed by atoms with E-state index in [1.54, 1.807) is 7.05 Å². The lowest BCUT2D eigenvalue weighted by atomic mass is 10.1. The van der Waals surface area contributed by atoms with Crippen LogP contribution in [0.4, 0.5) is 10.2 Å². The van der Waals surface area contributed by atoms with E-state index < -0.39 is 15.7 Å². The number of halogens is 2. The van der Waals surface area contributed by atoms with E-state index in [1.165, 1.54) is 22.9 Å². The first-order chi connectivity index (χ1) is 9.20. The summed E-state index contributed by atoms with van der Waals surface area (Å²) in [5.74, 6) is -0.750. The van der Waals surface area contributed by atoms with Crippen LogP contribution in [0.1, 0.15) is 5.69 Å². The van der Waals surface area contributed by atoms with Gasteiger partial charge in [0.15, 0.2) is 9.84 Å². The molecule has 1 aromatic heterocycles. The summed E-state index contributed by atoms with van der Waals surface area (Å²) in [5, 5.41) is 4.19. The van der Waals surface area contributed by atoms with Crippen molar-refractivity contribution in [3.63, 3.8) is 0 Å². The van der Waals surface area contributed by atoms with E-state index in [0.717, 1.165) is 6.26 Å². The number of hydrogen-bond acceptors (Lipinski definition) is 4. The van der Waals surface area contributed by atoms with Crippen LogP contribution in [-0.4, -0.2) is 24.5 Å². The number of nitrogens with zero attached hydrogens (tertiary/aromatic N) is 2. The molecule has 0 atom stereocenters. The molecule has 8 heteroatoms. The van der Waals surface area contributed by atoms with Gasteiger partial charge in [-0.15, -0.1) is 0 Å². The van der Waals surface area contributed by atoms with Gasteiger partial charge in [-0.05, 0) is 12.1 Å². The number of aromatic nitrogens is 2. The standard InChI is InChI=1S/C12H13ClFN3O2S/c1-17-12(15)11(9(16-17)6-20(2,18)19)10-7(13)4-3-5-8(10)14/h3-5H,6,15H2,1-2H3. The summed E-state index contributed by atoms with van der Waals surface area (Å²) in [4.78, 5) is 0. The predicted octanol–water partition coefficient (Wildman–Crippen LogP) is 2.01. The Morgan fingerprint density at radius 1 is 1.40 bits per heavy atom. The smallest absolute Gasteiger partial charge is 0.153 e. The molecule has 2 rings (SSSR count). The largest absolute Gasteiger partial charge is 0.383 e. The Balaban J connectivity index is 2.73. The lowest BCUT2D eigenvalue weighted by molar-refractivity contribution is 0.599. The molecule has 0 aliphatic heterocycles. The molecule has 0 bridgehead atoms. The highest BCUT2D eigenvalue weighted by Gasteiger charge is 2.23. The van der Waals surface area contributed by atoms with Crippen molar-refractivity contribution in [2.75, 3.05) is 12.0 Å². The first-order valence-electron chi connectivity index (χ1n) is 5.64. The minimum Gasteiger partial charge on any atom is -0.383 e. The van der Waals surface area contributed by atoms with Gasteiger partial charge < -0.3 is 5.73 Å². The molecule has 0 saturated heterocycles. The fourth-order valence-electron chi connectivity index (χ4n) is 1.95. The average molecular weight is 318 g/mol. The summed E-state index contributed by atoms with van der Waals surface area (Å²) >= 11 is 6.01. The summed E-state index contributed by atoms with van der Waals surface area (Å²) in [6, 6.07) is 4.21. The third kappa shape index (κ3) is 2.78. The normalized spacial score (nSPS) is 11.8. The van der Waals surface area contributed by atoms with Gasteiger partial charge in [0.2, 0.25) is 0 Å². The number of nitrogens with two attached hydrogens (primary N) is 1. The molecule has 1 aromatic carbocycles. The molecule has 108 valence electrons. The first kappa shape index (κ1) is 14.8. The molecule has 2 N–H and O–H groups in total. The van der Waals surface area contributed by atoms with Crippen molar-refractivity contribution in [3.05, 3.63) is 34.7 Å². The maximum atomic E-state index is 14.0. The maximum Gasteiger partial charge on any atom is 0.153 e. The molecule has 0 aliphatic rings. The summed E-state index contributed by atoms with van der Waals surface area (Å²) in [5.41, 5.74) is 6.34. The second-order valence-electron chi connectivity index (χ2n) is 4.50. The summed E-state index contributed by atoms with van der Waals surface area (Å²) < 4.78 is 38.2. The van der Waals surface area contributed by atoms with Crippen molar-refractivity contribution in [3.8, 4) is 11.1 Å². The topological polar surface area (TPSA) is 78.0 Å². The van der Waals surface area contributed by atoms with Crippen LogP contribution in [0.15, 0.2) is 18.2 Å². The zero-order valence-electron chi connectivity index (χ0n) is 10.9. The number of nitrogen functional groups attached to an aromatic ring is 1. The molecule has 0 spiro atoms. The monoisotopic (exact) mass is 317 g/mol. The number of benzene rings is 1. The molecule has 0 unspecified atom stereocenters. The van der Waals surface area contributed by atoms with Crippen LogP contribution < -0.4 is 5.73 Å². The van der Waals surface area contributed by atoms with Crippen LogP contribution >= 0.6 is 11.6 Å². The SMILES string of the molecule is Cn1nc(CS(C)(=O)=O)c(-c2c(F)cccc2Cl)c1N. The quantitative estimate of drug-likeness (QED) is 0.939. The second-order valence-corrected chi connectivity index (χ2v) is 7.04. The Kier molecular flexibility index (Phi) is 3.75. The molecule has 20 heavy (non-hydrogen) atoms. The first-order valence-corrected chi connectivity index (χ1v) is 8.08. The van der Waals surface area contributed by atoms with E-state index in [9.17, 15) is 12.8 Å². The van der Waals surface area contributed by atoms with E-state index in [0.29, 0.717) is 0 Å². The van der Waals surface area contributed by atoms with Crippen molar-refractivity contribution in [2.45, 2.75) is 5.75 Å². The highest BCUT2D eigenvalue weighted by Crippen LogP contribution is 2.37. The fourth-order valence-corrected chi connectivity index (χ4v) is 2.91. The summed E-state index contributed by atoms with van der Waals surface area (Å²) in [6.45, 7) is 0. The van der Waals surface area contributed by atoms with E-state index in [2.05, 4.69) is 5.10 Å². The average Bonchev–Trinajstić information content (AvgIpc) is 2.54. The van der Waals surface area contributed by atoms with Crippen LogP contribution in [-0.2, 0) is 22.6 Å². The molecule has 0 amide bonds. The Bertz CT molecular complexity index is 751. The molecular formula is C12H13ClFN3O2S. The van der Waals surface area contributed by atoms with Crippen molar-refractivity contribution in [1.29, 1.82) is 0 Å². The second kappa shape index (κ2) is 5.06. The number of sulfone groups is 1. The third-order valence-corrected chi connectivity index (χ3v) is 3.89. The van der Waals surface area contributed by atoms with Gasteiger partial charge in [-0.2, -0.15) is 5.10 Å². The molecular weight excluding hydrogens is 305 g/mol. The van der Waals surface area contributed by atoms with Crippen molar-refractivity contribution < 1.29 is 12.8 Å². The third-order valence-electron chi connectivity index (χ3n) is 2.78. The number of anilines is 1. The summed E-state index contributed by atoms with van der Waals surface area (Å²) in [6.07, 6.45) is 1.07. The van der Waals surface area contributed by atoms with Crippen molar-refractivity contribution in [1.82, 2.24) is 9.78 Å². The fraction of sp³-hybridized carbons (Fsp3) is 0.250. The zero-order valence-corrected chi connectivity index (χ0v) is 12.5. The highest BCUT2D eigenvalue weighted by molar-refractivity contribution is 7.89. The van der Waals surface area contributed by atoms with Crippen LogP contribution in [0.5, 0.6) is 0 Å². The van der Waals surface area contributed by atoms with Gasteiger partial charge in [0.25, 0.3) is 0 Å². The van der Waals surface area contributed by atoms with Crippen molar-refractivity contribution in [2.24, 2.45) is 7.05 Å². The Labute approximate surface area is 121 Å². The van der Waals surface area contributed by atoms with Gasteiger partial charge in [0.1, 0.15) is 11.6 Å². The van der Waals surface area contributed by atoms with E-state index in [-0.39, 0.29) is 33.4 Å². The lowest BCUT2D eigenvalue weighted by Gasteiger charge is -2.07. The Morgan fingerprint density at radius 3 is 2.60 bits per heavy atom. The van der Waals surface area contributed by atoms with E-state index in [1.807, 2.05) is 0 Å². The molecule has 1 heterocycles. The molecule has 5 nitrogen and oxygen atoms in total. The predicted molar refractivity (Wildman–Crippen MR) is 76.6 cm³/mol. The van der Waals surface area contributed by atoms with Gasteiger partial charge in [-0.25, -0.2) is 12.8 Å². The van der Waals surface area contributed by atoms with Gasteiger partial charge >= 0.3 is 0 Å². The highest BCUT2D eigenvalue weighted by atomic mass is 35.5. The van der Waals surface area contributed by atoms with E-state index >= 15 is 0 Å². The minimum absolute atomic E-state index is 0.0680. The number of aryl methyl sites for hydroxylation is 1. The van der Waals surface area contributed by atoms with E-state index in [4.69, 9.17) is 17.3 Å². The minimum atomic E-state index is -3.33. The molecule has 0 saturated carbocycles. The molecule has 0 aliphatic carbocycles. The Morgan fingerprint density at radius 2 is 2.05 bits per heavy atom.